The van der Waals surface area contributed by atoms with Crippen molar-refractivity contribution in [2.75, 3.05) is 20.7 Å². The van der Waals surface area contributed by atoms with Crippen LogP contribution in [0.3, 0.4) is 0 Å². The molecule has 1 aromatic carbocycles. The molecule has 0 spiro atoms. The SMILES string of the molecule is COc1ccccc1CNC(=O)CN(C)Cc1cnn(C)c1. The first-order valence-electron chi connectivity index (χ1n) is 7.13. The summed E-state index contributed by atoms with van der Waals surface area (Å²) in [4.78, 5) is 14.0. The lowest BCUT2D eigenvalue weighted by Gasteiger charge is -2.15. The molecule has 0 atom stereocenters. The Morgan fingerprint density at radius 2 is 2.18 bits per heavy atom. The van der Waals surface area contributed by atoms with E-state index in [0.717, 1.165) is 16.9 Å². The van der Waals surface area contributed by atoms with E-state index in [0.29, 0.717) is 19.6 Å². The van der Waals surface area contributed by atoms with Crippen molar-refractivity contribution in [3.63, 3.8) is 0 Å². The predicted octanol–water partition coefficient (Wildman–Crippen LogP) is 1.18. The molecule has 0 bridgehead atoms. The van der Waals surface area contributed by atoms with Gasteiger partial charge in [0.15, 0.2) is 0 Å². The topological polar surface area (TPSA) is 59.4 Å². The summed E-state index contributed by atoms with van der Waals surface area (Å²) in [5.74, 6) is 0.767. The number of hydrogen-bond acceptors (Lipinski definition) is 4. The maximum Gasteiger partial charge on any atom is 0.234 e. The summed E-state index contributed by atoms with van der Waals surface area (Å²) in [5.41, 5.74) is 2.05. The van der Waals surface area contributed by atoms with Crippen LogP contribution >= 0.6 is 0 Å². The number of hydrogen-bond donors (Lipinski definition) is 1. The lowest BCUT2D eigenvalue weighted by Crippen LogP contribution is -2.34. The summed E-state index contributed by atoms with van der Waals surface area (Å²) in [5, 5.41) is 7.03. The van der Waals surface area contributed by atoms with Gasteiger partial charge >= 0.3 is 0 Å². The molecule has 2 aromatic rings. The molecule has 1 amide bonds. The summed E-state index contributed by atoms with van der Waals surface area (Å²) in [6, 6.07) is 7.67. The summed E-state index contributed by atoms with van der Waals surface area (Å²) in [6.45, 7) is 1.49. The summed E-state index contributed by atoms with van der Waals surface area (Å²) in [6.07, 6.45) is 3.76. The Hall–Kier alpha value is -2.34. The third-order valence-electron chi connectivity index (χ3n) is 3.29. The zero-order valence-corrected chi connectivity index (χ0v) is 13.2. The molecular weight excluding hydrogens is 280 g/mol. The highest BCUT2D eigenvalue weighted by Crippen LogP contribution is 2.16. The number of methoxy groups -OCH3 is 1. The van der Waals surface area contributed by atoms with E-state index in [1.54, 1.807) is 11.8 Å². The van der Waals surface area contributed by atoms with Crippen molar-refractivity contribution < 1.29 is 9.53 Å². The number of nitrogens with zero attached hydrogens (tertiary/aromatic N) is 3. The van der Waals surface area contributed by atoms with Gasteiger partial charge in [0.1, 0.15) is 5.75 Å². The first kappa shape index (κ1) is 16.0. The van der Waals surface area contributed by atoms with Crippen LogP contribution in [0.15, 0.2) is 36.7 Å². The van der Waals surface area contributed by atoms with Gasteiger partial charge in [0.25, 0.3) is 0 Å². The van der Waals surface area contributed by atoms with Crippen molar-refractivity contribution >= 4 is 5.91 Å². The number of nitrogens with one attached hydrogen (secondary N) is 1. The third kappa shape index (κ3) is 4.60. The quantitative estimate of drug-likeness (QED) is 0.834. The Kier molecular flexibility index (Phi) is 5.55. The molecule has 0 aliphatic rings. The van der Waals surface area contributed by atoms with E-state index in [1.807, 2.05) is 55.7 Å². The second kappa shape index (κ2) is 7.61. The average molecular weight is 302 g/mol. The van der Waals surface area contributed by atoms with E-state index in [1.165, 1.54) is 0 Å². The molecule has 6 heteroatoms. The maximum absolute atomic E-state index is 12.0. The molecule has 0 fully saturated rings. The van der Waals surface area contributed by atoms with Crippen molar-refractivity contribution in [1.82, 2.24) is 20.0 Å². The molecule has 0 unspecified atom stereocenters. The molecular formula is C16H22N4O2. The van der Waals surface area contributed by atoms with Gasteiger partial charge in [-0.2, -0.15) is 5.10 Å². The van der Waals surface area contributed by atoms with Gasteiger partial charge in [-0.1, -0.05) is 18.2 Å². The third-order valence-corrected chi connectivity index (χ3v) is 3.29. The van der Waals surface area contributed by atoms with E-state index in [9.17, 15) is 4.79 Å². The number of para-hydroxylation sites is 1. The van der Waals surface area contributed by atoms with Crippen LogP contribution in [0.5, 0.6) is 5.75 Å². The average Bonchev–Trinajstić information content (AvgIpc) is 2.90. The lowest BCUT2D eigenvalue weighted by atomic mass is 10.2. The van der Waals surface area contributed by atoms with E-state index in [-0.39, 0.29) is 5.91 Å². The molecule has 0 saturated heterocycles. The molecule has 1 N–H and O–H groups in total. The van der Waals surface area contributed by atoms with E-state index >= 15 is 0 Å². The molecule has 1 heterocycles. The van der Waals surface area contributed by atoms with Gasteiger partial charge in [0.05, 0.1) is 19.9 Å². The number of likely N-dealkylation sites (N-methyl/N-ethyl adjacent to an activating group) is 1. The highest BCUT2D eigenvalue weighted by molar-refractivity contribution is 5.78. The van der Waals surface area contributed by atoms with Gasteiger partial charge in [-0.05, 0) is 13.1 Å². The number of aromatic nitrogens is 2. The van der Waals surface area contributed by atoms with Gasteiger partial charge in [0, 0.05) is 37.5 Å². The number of carbonyl (C=O) groups excluding carboxylic acids is 1. The van der Waals surface area contributed by atoms with Crippen LogP contribution in [0.2, 0.25) is 0 Å². The number of ether oxygens (including phenoxy) is 1. The number of amides is 1. The Balaban J connectivity index is 1.80. The van der Waals surface area contributed by atoms with Gasteiger partial charge in [-0.3, -0.25) is 14.4 Å². The van der Waals surface area contributed by atoms with Crippen LogP contribution in [0.25, 0.3) is 0 Å². The van der Waals surface area contributed by atoms with E-state index in [2.05, 4.69) is 10.4 Å². The largest absolute Gasteiger partial charge is 0.496 e. The number of rotatable bonds is 7. The standard InChI is InChI=1S/C16H22N4O2/c1-19(10-13-8-18-20(2)11-13)12-16(21)17-9-14-6-4-5-7-15(14)22-3/h4-8,11H,9-10,12H2,1-3H3,(H,17,21). The summed E-state index contributed by atoms with van der Waals surface area (Å²) in [7, 11) is 5.42. The first-order chi connectivity index (χ1) is 10.6. The first-order valence-corrected chi connectivity index (χ1v) is 7.13. The van der Waals surface area contributed by atoms with Crippen LogP contribution in [0, 0.1) is 0 Å². The van der Waals surface area contributed by atoms with Crippen LogP contribution < -0.4 is 10.1 Å². The molecule has 0 radical (unpaired) electrons. The minimum absolute atomic E-state index is 0.0164. The van der Waals surface area contributed by atoms with Gasteiger partial charge < -0.3 is 10.1 Å². The Morgan fingerprint density at radius 3 is 2.86 bits per heavy atom. The van der Waals surface area contributed by atoms with Gasteiger partial charge in [-0.15, -0.1) is 0 Å². The van der Waals surface area contributed by atoms with Crippen molar-refractivity contribution in [2.45, 2.75) is 13.1 Å². The highest BCUT2D eigenvalue weighted by atomic mass is 16.5. The number of carbonyl (C=O) groups is 1. The minimum atomic E-state index is -0.0164. The van der Waals surface area contributed by atoms with Crippen LogP contribution in [0.1, 0.15) is 11.1 Å². The lowest BCUT2D eigenvalue weighted by molar-refractivity contribution is -0.122. The second-order valence-electron chi connectivity index (χ2n) is 5.28. The second-order valence-corrected chi connectivity index (χ2v) is 5.28. The molecule has 0 saturated carbocycles. The maximum atomic E-state index is 12.0. The fourth-order valence-electron chi connectivity index (χ4n) is 2.26. The Labute approximate surface area is 130 Å². The van der Waals surface area contributed by atoms with Crippen LogP contribution in [0.4, 0.5) is 0 Å². The van der Waals surface area contributed by atoms with Crippen LogP contribution in [-0.2, 0) is 24.9 Å². The van der Waals surface area contributed by atoms with Crippen molar-refractivity contribution in [1.29, 1.82) is 0 Å². The fraction of sp³-hybridized carbons (Fsp3) is 0.375. The van der Waals surface area contributed by atoms with Crippen molar-refractivity contribution in [2.24, 2.45) is 7.05 Å². The van der Waals surface area contributed by atoms with E-state index in [4.69, 9.17) is 4.74 Å². The van der Waals surface area contributed by atoms with E-state index < -0.39 is 0 Å². The highest BCUT2D eigenvalue weighted by Gasteiger charge is 2.09. The Morgan fingerprint density at radius 1 is 1.41 bits per heavy atom. The van der Waals surface area contributed by atoms with Crippen LogP contribution in [-0.4, -0.2) is 41.3 Å². The summed E-state index contributed by atoms with van der Waals surface area (Å²) < 4.78 is 7.02. The zero-order valence-electron chi connectivity index (χ0n) is 13.2. The molecule has 0 aliphatic heterocycles. The smallest absolute Gasteiger partial charge is 0.234 e. The van der Waals surface area contributed by atoms with Crippen molar-refractivity contribution in [3.05, 3.63) is 47.8 Å². The molecule has 118 valence electrons. The molecule has 22 heavy (non-hydrogen) atoms. The number of aryl methyl sites for hydroxylation is 1. The predicted molar refractivity (Wildman–Crippen MR) is 84.4 cm³/mol. The minimum Gasteiger partial charge on any atom is -0.496 e. The van der Waals surface area contributed by atoms with Gasteiger partial charge in [0.2, 0.25) is 5.91 Å². The normalized spacial score (nSPS) is 10.7. The molecule has 1 aromatic heterocycles. The Bertz CT molecular complexity index is 624. The molecule has 2 rings (SSSR count). The molecule has 6 nitrogen and oxygen atoms in total. The fourth-order valence-corrected chi connectivity index (χ4v) is 2.26. The summed E-state index contributed by atoms with van der Waals surface area (Å²) >= 11 is 0. The zero-order chi connectivity index (χ0) is 15.9. The van der Waals surface area contributed by atoms with Gasteiger partial charge in [-0.25, -0.2) is 0 Å². The van der Waals surface area contributed by atoms with Crippen molar-refractivity contribution in [3.8, 4) is 5.75 Å². The monoisotopic (exact) mass is 302 g/mol. The molecule has 0 aliphatic carbocycles. The number of benzene rings is 1.